The lowest BCUT2D eigenvalue weighted by Gasteiger charge is -2.04. The van der Waals surface area contributed by atoms with Gasteiger partial charge < -0.3 is 0 Å². The standard InChI is InChI=1S/C13H15NS/c1-2-3-11-5-4-9(8-14-11)12-6-10-7-13(10)15-12/h4-6,8,10,13H,2-3,7H2,1H3. The van der Waals surface area contributed by atoms with E-state index >= 15 is 0 Å². The van der Waals surface area contributed by atoms with Crippen LogP contribution in [0.3, 0.4) is 0 Å². The van der Waals surface area contributed by atoms with Crippen molar-refractivity contribution in [3.05, 3.63) is 35.7 Å². The summed E-state index contributed by atoms with van der Waals surface area (Å²) in [5.41, 5.74) is 2.53. The Morgan fingerprint density at radius 2 is 2.40 bits per heavy atom. The Morgan fingerprint density at radius 1 is 1.47 bits per heavy atom. The number of hydrogen-bond acceptors (Lipinski definition) is 2. The fourth-order valence-corrected chi connectivity index (χ4v) is 3.44. The van der Waals surface area contributed by atoms with Gasteiger partial charge in [0.1, 0.15) is 0 Å². The van der Waals surface area contributed by atoms with E-state index in [1.807, 2.05) is 18.0 Å². The van der Waals surface area contributed by atoms with Gasteiger partial charge in [-0.25, -0.2) is 0 Å². The third-order valence-corrected chi connectivity index (χ3v) is 4.51. The first-order valence-electron chi connectivity index (χ1n) is 5.70. The molecular weight excluding hydrogens is 202 g/mol. The quantitative estimate of drug-likeness (QED) is 0.768. The average Bonchev–Trinajstić information content (AvgIpc) is 2.87. The predicted octanol–water partition coefficient (Wildman–Crippen LogP) is 3.51. The lowest BCUT2D eigenvalue weighted by Crippen LogP contribution is -1.90. The zero-order valence-electron chi connectivity index (χ0n) is 8.94. The van der Waals surface area contributed by atoms with Crippen LogP contribution in [0.1, 0.15) is 31.0 Å². The molecule has 0 bridgehead atoms. The van der Waals surface area contributed by atoms with Crippen LogP contribution in [0.5, 0.6) is 0 Å². The minimum Gasteiger partial charge on any atom is -0.261 e. The van der Waals surface area contributed by atoms with Gasteiger partial charge in [-0.05, 0) is 24.8 Å². The first kappa shape index (κ1) is 9.46. The molecule has 2 atom stereocenters. The molecule has 0 radical (unpaired) electrons. The van der Waals surface area contributed by atoms with Gasteiger partial charge in [0.15, 0.2) is 0 Å². The lowest BCUT2D eigenvalue weighted by molar-refractivity contribution is 0.882. The molecule has 2 aliphatic rings. The number of aryl methyl sites for hydroxylation is 1. The van der Waals surface area contributed by atoms with Crippen molar-refractivity contribution >= 4 is 16.7 Å². The van der Waals surface area contributed by atoms with Crippen LogP contribution < -0.4 is 0 Å². The first-order chi connectivity index (χ1) is 7.36. The molecule has 0 amide bonds. The van der Waals surface area contributed by atoms with E-state index in [2.05, 4.69) is 30.1 Å². The molecule has 1 aromatic rings. The number of pyridine rings is 1. The van der Waals surface area contributed by atoms with Crippen LogP contribution in [-0.2, 0) is 6.42 Å². The highest BCUT2D eigenvalue weighted by Gasteiger charge is 2.41. The molecule has 3 rings (SSSR count). The minimum absolute atomic E-state index is 0.875. The Kier molecular flexibility index (Phi) is 2.32. The number of aromatic nitrogens is 1. The molecule has 0 saturated heterocycles. The van der Waals surface area contributed by atoms with Gasteiger partial charge in [0.05, 0.1) is 0 Å². The molecule has 1 aliphatic heterocycles. The van der Waals surface area contributed by atoms with Crippen LogP contribution in [0.4, 0.5) is 0 Å². The highest BCUT2D eigenvalue weighted by atomic mass is 32.2. The summed E-state index contributed by atoms with van der Waals surface area (Å²) in [4.78, 5) is 5.95. The topological polar surface area (TPSA) is 12.9 Å². The highest BCUT2D eigenvalue weighted by molar-refractivity contribution is 8.09. The molecule has 1 nitrogen and oxygen atoms in total. The second-order valence-electron chi connectivity index (χ2n) is 4.37. The molecule has 1 fully saturated rings. The maximum Gasteiger partial charge on any atom is 0.0403 e. The smallest absolute Gasteiger partial charge is 0.0403 e. The fourth-order valence-electron chi connectivity index (χ4n) is 2.04. The summed E-state index contributed by atoms with van der Waals surface area (Å²) >= 11 is 2.03. The van der Waals surface area contributed by atoms with E-state index in [-0.39, 0.29) is 0 Å². The van der Waals surface area contributed by atoms with Gasteiger partial charge in [0.2, 0.25) is 0 Å². The predicted molar refractivity (Wildman–Crippen MR) is 65.7 cm³/mol. The summed E-state index contributed by atoms with van der Waals surface area (Å²) in [7, 11) is 0. The van der Waals surface area contributed by atoms with Crippen molar-refractivity contribution in [2.24, 2.45) is 5.92 Å². The molecule has 1 aliphatic carbocycles. The number of fused-ring (bicyclic) bond motifs is 1. The van der Waals surface area contributed by atoms with Crippen molar-refractivity contribution in [2.45, 2.75) is 31.4 Å². The number of rotatable bonds is 3. The number of thioether (sulfide) groups is 1. The van der Waals surface area contributed by atoms with Gasteiger partial charge in [-0.1, -0.05) is 25.5 Å². The number of hydrogen-bond donors (Lipinski definition) is 0. The van der Waals surface area contributed by atoms with Crippen LogP contribution in [0, 0.1) is 5.92 Å². The fraction of sp³-hybridized carbons (Fsp3) is 0.462. The van der Waals surface area contributed by atoms with E-state index in [9.17, 15) is 0 Å². The molecule has 78 valence electrons. The molecule has 1 aromatic heterocycles. The van der Waals surface area contributed by atoms with Gasteiger partial charge in [-0.3, -0.25) is 4.98 Å². The molecular formula is C13H15NS. The lowest BCUT2D eigenvalue weighted by atomic mass is 10.2. The van der Waals surface area contributed by atoms with Crippen molar-refractivity contribution < 1.29 is 0 Å². The second kappa shape index (κ2) is 3.67. The van der Waals surface area contributed by atoms with E-state index in [1.165, 1.54) is 29.0 Å². The van der Waals surface area contributed by atoms with Crippen LogP contribution in [0.2, 0.25) is 0 Å². The van der Waals surface area contributed by atoms with Gasteiger partial charge >= 0.3 is 0 Å². The van der Waals surface area contributed by atoms with E-state index in [0.717, 1.165) is 17.6 Å². The molecule has 0 aromatic carbocycles. The van der Waals surface area contributed by atoms with Gasteiger partial charge in [-0.15, -0.1) is 11.8 Å². The van der Waals surface area contributed by atoms with Crippen LogP contribution in [-0.4, -0.2) is 10.2 Å². The third kappa shape index (κ3) is 1.83. The summed E-state index contributed by atoms with van der Waals surface area (Å²) in [6.45, 7) is 2.19. The maximum atomic E-state index is 4.50. The number of nitrogens with zero attached hydrogens (tertiary/aromatic N) is 1. The largest absolute Gasteiger partial charge is 0.261 e. The minimum atomic E-state index is 0.875. The second-order valence-corrected chi connectivity index (χ2v) is 5.66. The summed E-state index contributed by atoms with van der Waals surface area (Å²) in [6, 6.07) is 4.39. The molecule has 0 N–H and O–H groups in total. The Hall–Kier alpha value is -0.760. The Morgan fingerprint density at radius 3 is 3.00 bits per heavy atom. The van der Waals surface area contributed by atoms with Crippen molar-refractivity contribution in [1.82, 2.24) is 4.98 Å². The van der Waals surface area contributed by atoms with E-state index in [1.54, 1.807) is 0 Å². The van der Waals surface area contributed by atoms with Crippen LogP contribution in [0.15, 0.2) is 24.4 Å². The Bertz CT molecular complexity index is 394. The Balaban J connectivity index is 1.78. The highest BCUT2D eigenvalue weighted by Crippen LogP contribution is 2.55. The zero-order valence-corrected chi connectivity index (χ0v) is 9.76. The normalized spacial score (nSPS) is 27.4. The Labute approximate surface area is 95.0 Å². The van der Waals surface area contributed by atoms with Gasteiger partial charge in [0.25, 0.3) is 0 Å². The molecule has 0 spiro atoms. The summed E-state index contributed by atoms with van der Waals surface area (Å²) in [5.74, 6) is 0.875. The van der Waals surface area contributed by atoms with Gasteiger partial charge in [-0.2, -0.15) is 0 Å². The SMILES string of the molecule is CCCc1ccc(C2=CC3CC3S2)cn1. The van der Waals surface area contributed by atoms with Crippen LogP contribution in [0.25, 0.3) is 4.91 Å². The molecule has 2 unspecified atom stereocenters. The zero-order chi connectivity index (χ0) is 10.3. The van der Waals surface area contributed by atoms with Crippen molar-refractivity contribution in [3.8, 4) is 0 Å². The number of allylic oxidation sites excluding steroid dienone is 1. The molecule has 2 heterocycles. The van der Waals surface area contributed by atoms with Crippen LogP contribution >= 0.6 is 11.8 Å². The first-order valence-corrected chi connectivity index (χ1v) is 6.58. The average molecular weight is 217 g/mol. The van der Waals surface area contributed by atoms with Crippen molar-refractivity contribution in [2.75, 3.05) is 0 Å². The summed E-state index contributed by atoms with van der Waals surface area (Å²) in [5, 5.41) is 0.898. The van der Waals surface area contributed by atoms with E-state index in [0.29, 0.717) is 0 Å². The third-order valence-electron chi connectivity index (χ3n) is 3.04. The molecule has 15 heavy (non-hydrogen) atoms. The summed E-state index contributed by atoms with van der Waals surface area (Å²) in [6.07, 6.45) is 8.13. The van der Waals surface area contributed by atoms with Gasteiger partial charge in [0, 0.05) is 27.6 Å². The van der Waals surface area contributed by atoms with Crippen molar-refractivity contribution in [3.63, 3.8) is 0 Å². The monoisotopic (exact) mass is 217 g/mol. The maximum absolute atomic E-state index is 4.50. The molecule has 1 saturated carbocycles. The van der Waals surface area contributed by atoms with E-state index < -0.39 is 0 Å². The van der Waals surface area contributed by atoms with Crippen molar-refractivity contribution in [1.29, 1.82) is 0 Å². The van der Waals surface area contributed by atoms with E-state index in [4.69, 9.17) is 0 Å². The summed E-state index contributed by atoms with van der Waals surface area (Å²) < 4.78 is 0. The molecule has 2 heteroatoms.